The number of hydrogen-bond donors (Lipinski definition) is 1. The van der Waals surface area contributed by atoms with Crippen LogP contribution in [-0.4, -0.2) is 18.9 Å². The molecule has 1 unspecified atom stereocenters. The van der Waals surface area contributed by atoms with E-state index >= 15 is 0 Å². The Balaban J connectivity index is 1.95. The molecule has 0 amide bonds. The largest absolute Gasteiger partial charge is 0.496 e. The molecular formula is C18H23NOS. The van der Waals surface area contributed by atoms with Crippen molar-refractivity contribution in [3.63, 3.8) is 0 Å². The lowest BCUT2D eigenvalue weighted by atomic mass is 10.0. The average molecular weight is 301 g/mol. The Bertz CT molecular complexity index is 598. The summed E-state index contributed by atoms with van der Waals surface area (Å²) < 4.78 is 5.42. The lowest BCUT2D eigenvalue weighted by Crippen LogP contribution is -2.25. The van der Waals surface area contributed by atoms with Crippen molar-refractivity contribution >= 4 is 11.8 Å². The first-order valence-corrected chi connectivity index (χ1v) is 8.15. The van der Waals surface area contributed by atoms with Crippen LogP contribution in [0.2, 0.25) is 0 Å². The van der Waals surface area contributed by atoms with Gasteiger partial charge in [0, 0.05) is 16.7 Å². The molecule has 0 saturated carbocycles. The van der Waals surface area contributed by atoms with Gasteiger partial charge in [0.2, 0.25) is 0 Å². The van der Waals surface area contributed by atoms with Crippen molar-refractivity contribution in [2.45, 2.75) is 31.2 Å². The molecule has 1 atom stereocenters. The third-order valence-corrected chi connectivity index (χ3v) is 4.55. The maximum Gasteiger partial charge on any atom is 0.122 e. The lowest BCUT2D eigenvalue weighted by Gasteiger charge is -2.15. The number of benzene rings is 2. The predicted octanol–water partition coefficient (Wildman–Crippen LogP) is 3.97. The summed E-state index contributed by atoms with van der Waals surface area (Å²) >= 11 is 1.81. The van der Waals surface area contributed by atoms with E-state index in [1.165, 1.54) is 21.6 Å². The van der Waals surface area contributed by atoms with E-state index in [-0.39, 0.29) is 6.04 Å². The van der Waals surface area contributed by atoms with Gasteiger partial charge in [0.15, 0.2) is 0 Å². The summed E-state index contributed by atoms with van der Waals surface area (Å²) in [6, 6.07) is 14.9. The molecule has 0 aromatic heterocycles. The molecule has 0 bridgehead atoms. The summed E-state index contributed by atoms with van der Waals surface area (Å²) in [4.78, 5) is 1.28. The van der Waals surface area contributed by atoms with Crippen molar-refractivity contribution in [1.29, 1.82) is 0 Å². The fraction of sp³-hybridized carbons (Fsp3) is 0.333. The van der Waals surface area contributed by atoms with Crippen molar-refractivity contribution in [2.24, 2.45) is 5.73 Å². The molecule has 112 valence electrons. The first-order valence-electron chi connectivity index (χ1n) is 7.17. The van der Waals surface area contributed by atoms with Gasteiger partial charge in [0.25, 0.3) is 0 Å². The second kappa shape index (κ2) is 7.53. The van der Waals surface area contributed by atoms with Gasteiger partial charge < -0.3 is 10.5 Å². The lowest BCUT2D eigenvalue weighted by molar-refractivity contribution is 0.408. The van der Waals surface area contributed by atoms with E-state index in [1.807, 2.05) is 17.8 Å². The first-order chi connectivity index (χ1) is 10.1. The van der Waals surface area contributed by atoms with Gasteiger partial charge in [0.05, 0.1) is 7.11 Å². The van der Waals surface area contributed by atoms with E-state index in [9.17, 15) is 0 Å². The Morgan fingerprint density at radius 2 is 1.86 bits per heavy atom. The van der Waals surface area contributed by atoms with Crippen molar-refractivity contribution in [3.8, 4) is 5.75 Å². The molecule has 0 spiro atoms. The maximum atomic E-state index is 6.29. The SMILES string of the molecule is COc1ccc(C)cc1CC(N)CSc1cccc(C)c1. The van der Waals surface area contributed by atoms with Gasteiger partial charge in [-0.05, 0) is 44.0 Å². The molecule has 0 heterocycles. The van der Waals surface area contributed by atoms with Crippen LogP contribution >= 0.6 is 11.8 Å². The summed E-state index contributed by atoms with van der Waals surface area (Å²) in [5.41, 5.74) is 10.0. The van der Waals surface area contributed by atoms with Crippen molar-refractivity contribution in [2.75, 3.05) is 12.9 Å². The second-order valence-corrected chi connectivity index (χ2v) is 6.50. The van der Waals surface area contributed by atoms with Gasteiger partial charge in [-0.1, -0.05) is 35.4 Å². The highest BCUT2D eigenvalue weighted by atomic mass is 32.2. The molecule has 0 radical (unpaired) electrons. The van der Waals surface area contributed by atoms with Crippen molar-refractivity contribution < 1.29 is 4.74 Å². The van der Waals surface area contributed by atoms with E-state index < -0.39 is 0 Å². The van der Waals surface area contributed by atoms with Gasteiger partial charge in [-0.25, -0.2) is 0 Å². The van der Waals surface area contributed by atoms with E-state index in [2.05, 4.69) is 50.2 Å². The summed E-state index contributed by atoms with van der Waals surface area (Å²) in [5.74, 6) is 1.83. The van der Waals surface area contributed by atoms with E-state index in [0.717, 1.165) is 17.9 Å². The molecule has 0 aliphatic carbocycles. The number of ether oxygens (including phenoxy) is 1. The molecule has 2 aromatic carbocycles. The maximum absolute atomic E-state index is 6.29. The van der Waals surface area contributed by atoms with Crippen LogP contribution in [0.15, 0.2) is 47.4 Å². The molecule has 2 N–H and O–H groups in total. The normalized spacial score (nSPS) is 12.2. The van der Waals surface area contributed by atoms with Crippen molar-refractivity contribution in [1.82, 2.24) is 0 Å². The molecule has 0 aliphatic rings. The monoisotopic (exact) mass is 301 g/mol. The molecule has 2 aromatic rings. The molecule has 0 fully saturated rings. The Hall–Kier alpha value is -1.45. The van der Waals surface area contributed by atoms with Crippen LogP contribution in [0.25, 0.3) is 0 Å². The molecule has 3 heteroatoms. The Morgan fingerprint density at radius 1 is 1.10 bits per heavy atom. The smallest absolute Gasteiger partial charge is 0.122 e. The van der Waals surface area contributed by atoms with Crippen molar-refractivity contribution in [3.05, 3.63) is 59.2 Å². The zero-order valence-electron chi connectivity index (χ0n) is 12.9. The number of rotatable bonds is 6. The number of nitrogens with two attached hydrogens (primary N) is 1. The van der Waals surface area contributed by atoms with Gasteiger partial charge >= 0.3 is 0 Å². The summed E-state index contributed by atoms with van der Waals surface area (Å²) in [6.45, 7) is 4.21. The van der Waals surface area contributed by atoms with Gasteiger partial charge in [-0.15, -0.1) is 11.8 Å². The fourth-order valence-electron chi connectivity index (χ4n) is 2.32. The number of aryl methyl sites for hydroxylation is 2. The number of hydrogen-bond acceptors (Lipinski definition) is 3. The van der Waals surface area contributed by atoms with E-state index in [1.54, 1.807) is 7.11 Å². The van der Waals surface area contributed by atoms with Crippen LogP contribution in [0.4, 0.5) is 0 Å². The van der Waals surface area contributed by atoms with Crippen LogP contribution in [0, 0.1) is 13.8 Å². The fourth-order valence-corrected chi connectivity index (χ4v) is 3.29. The predicted molar refractivity (Wildman–Crippen MR) is 91.3 cm³/mol. The molecule has 2 rings (SSSR count). The zero-order valence-corrected chi connectivity index (χ0v) is 13.7. The molecule has 0 aliphatic heterocycles. The van der Waals surface area contributed by atoms with Crippen LogP contribution < -0.4 is 10.5 Å². The minimum absolute atomic E-state index is 0.117. The summed E-state index contributed by atoms with van der Waals surface area (Å²) in [5, 5.41) is 0. The van der Waals surface area contributed by atoms with Crippen LogP contribution in [0.1, 0.15) is 16.7 Å². The zero-order chi connectivity index (χ0) is 15.2. The van der Waals surface area contributed by atoms with Gasteiger partial charge in [0.1, 0.15) is 5.75 Å². The van der Waals surface area contributed by atoms with Crippen LogP contribution in [0.5, 0.6) is 5.75 Å². The van der Waals surface area contributed by atoms with Crippen LogP contribution in [-0.2, 0) is 6.42 Å². The second-order valence-electron chi connectivity index (χ2n) is 5.41. The molecular weight excluding hydrogens is 278 g/mol. The van der Waals surface area contributed by atoms with Gasteiger partial charge in [-0.3, -0.25) is 0 Å². The molecule has 0 saturated heterocycles. The topological polar surface area (TPSA) is 35.2 Å². The first kappa shape index (κ1) is 15.9. The third-order valence-electron chi connectivity index (χ3n) is 3.37. The Morgan fingerprint density at radius 3 is 2.57 bits per heavy atom. The number of thioether (sulfide) groups is 1. The number of methoxy groups -OCH3 is 1. The quantitative estimate of drug-likeness (QED) is 0.820. The third kappa shape index (κ3) is 4.80. The minimum Gasteiger partial charge on any atom is -0.496 e. The van der Waals surface area contributed by atoms with Gasteiger partial charge in [-0.2, -0.15) is 0 Å². The van der Waals surface area contributed by atoms with E-state index in [0.29, 0.717) is 0 Å². The summed E-state index contributed by atoms with van der Waals surface area (Å²) in [6.07, 6.45) is 0.837. The Kier molecular flexibility index (Phi) is 5.71. The summed E-state index contributed by atoms with van der Waals surface area (Å²) in [7, 11) is 1.71. The molecule has 21 heavy (non-hydrogen) atoms. The standard InChI is InChI=1S/C18H23NOS/c1-13-5-4-6-17(10-13)21-12-16(19)11-15-9-14(2)7-8-18(15)20-3/h4-10,16H,11-12,19H2,1-3H3. The highest BCUT2D eigenvalue weighted by molar-refractivity contribution is 7.99. The van der Waals surface area contributed by atoms with E-state index in [4.69, 9.17) is 10.5 Å². The average Bonchev–Trinajstić information content (AvgIpc) is 2.45. The minimum atomic E-state index is 0.117. The highest BCUT2D eigenvalue weighted by Gasteiger charge is 2.10. The molecule has 2 nitrogen and oxygen atoms in total. The van der Waals surface area contributed by atoms with Crippen LogP contribution in [0.3, 0.4) is 0 Å². The Labute approximate surface area is 131 Å². The highest BCUT2D eigenvalue weighted by Crippen LogP contribution is 2.24.